The van der Waals surface area contributed by atoms with Crippen LogP contribution >= 0.6 is 23.4 Å². The van der Waals surface area contributed by atoms with Crippen molar-refractivity contribution in [1.82, 2.24) is 9.47 Å². The number of rotatable bonds is 8. The fourth-order valence-corrected chi connectivity index (χ4v) is 5.39. The number of halogens is 1. The molecule has 0 bridgehead atoms. The van der Waals surface area contributed by atoms with Gasteiger partial charge in [0.1, 0.15) is 0 Å². The van der Waals surface area contributed by atoms with Crippen LogP contribution in [0.4, 0.5) is 5.69 Å². The molecule has 0 N–H and O–H groups in total. The lowest BCUT2D eigenvalue weighted by Gasteiger charge is -2.15. The number of amides is 1. The number of nitrogens with zero attached hydrogens (tertiary/aromatic N) is 3. The van der Waals surface area contributed by atoms with Crippen molar-refractivity contribution < 1.29 is 9.53 Å². The van der Waals surface area contributed by atoms with Gasteiger partial charge in [-0.15, -0.1) is 0 Å². The number of thioether (sulfide) groups is 1. The summed E-state index contributed by atoms with van der Waals surface area (Å²) < 4.78 is 7.71. The molecular formula is C29H26ClN3O2S. The zero-order valence-corrected chi connectivity index (χ0v) is 21.5. The Morgan fingerprint density at radius 2 is 1.75 bits per heavy atom. The number of para-hydroxylation sites is 2. The standard InChI is InChI=1S/C29H26ClN3O2S/c1-2-35-17-16-33-28(34)27(36-29(33)31-23-11-4-3-5-12-23)18-22-20-32(26-15-9-7-13-24(22)26)19-21-10-6-8-14-25(21)30/h3-15,18,20H,2,16-17,19H2,1H3/b27-18-,31-29?. The van der Waals surface area contributed by atoms with E-state index in [1.165, 1.54) is 11.8 Å². The summed E-state index contributed by atoms with van der Waals surface area (Å²) in [6, 6.07) is 25.8. The summed E-state index contributed by atoms with van der Waals surface area (Å²) in [5, 5.41) is 2.49. The molecule has 4 aromatic rings. The Kier molecular flexibility index (Phi) is 7.56. The number of benzene rings is 3. The summed E-state index contributed by atoms with van der Waals surface area (Å²) in [4.78, 5) is 20.6. The third-order valence-electron chi connectivity index (χ3n) is 5.94. The monoisotopic (exact) mass is 515 g/mol. The molecule has 2 heterocycles. The van der Waals surface area contributed by atoms with Crippen LogP contribution in [0.15, 0.2) is 95.0 Å². The smallest absolute Gasteiger partial charge is 0.266 e. The maximum atomic E-state index is 13.5. The highest BCUT2D eigenvalue weighted by Gasteiger charge is 2.33. The van der Waals surface area contributed by atoms with Crippen molar-refractivity contribution >= 4 is 57.1 Å². The number of carbonyl (C=O) groups excluding carboxylic acids is 1. The van der Waals surface area contributed by atoms with Gasteiger partial charge in [-0.05, 0) is 54.6 Å². The lowest BCUT2D eigenvalue weighted by molar-refractivity contribution is -0.122. The third-order valence-corrected chi connectivity index (χ3v) is 7.31. The number of aromatic nitrogens is 1. The molecule has 1 aliphatic rings. The van der Waals surface area contributed by atoms with Crippen LogP contribution in [-0.2, 0) is 16.1 Å². The van der Waals surface area contributed by atoms with Crippen molar-refractivity contribution in [3.8, 4) is 0 Å². The third kappa shape index (κ3) is 5.26. The summed E-state index contributed by atoms with van der Waals surface area (Å²) in [6.07, 6.45) is 4.06. The van der Waals surface area contributed by atoms with Crippen molar-refractivity contribution in [2.45, 2.75) is 13.5 Å². The Morgan fingerprint density at radius 1 is 1.00 bits per heavy atom. The second-order valence-corrected chi connectivity index (χ2v) is 9.73. The van der Waals surface area contributed by atoms with E-state index in [1.54, 1.807) is 4.90 Å². The van der Waals surface area contributed by atoms with Gasteiger partial charge in [0.05, 0.1) is 23.7 Å². The molecule has 0 unspecified atom stereocenters. The topological polar surface area (TPSA) is 46.8 Å². The molecule has 1 fully saturated rings. The molecule has 3 aromatic carbocycles. The van der Waals surface area contributed by atoms with Gasteiger partial charge in [-0.25, -0.2) is 4.99 Å². The molecule has 1 aliphatic heterocycles. The largest absolute Gasteiger partial charge is 0.380 e. The first-order valence-electron chi connectivity index (χ1n) is 11.9. The second-order valence-electron chi connectivity index (χ2n) is 8.32. The summed E-state index contributed by atoms with van der Waals surface area (Å²) in [5.74, 6) is -0.0580. The van der Waals surface area contributed by atoms with Gasteiger partial charge in [-0.3, -0.25) is 9.69 Å². The van der Waals surface area contributed by atoms with E-state index in [9.17, 15) is 4.79 Å². The number of hydrogen-bond acceptors (Lipinski definition) is 4. The van der Waals surface area contributed by atoms with Crippen molar-refractivity contribution in [2.24, 2.45) is 4.99 Å². The molecule has 0 saturated carbocycles. The number of aliphatic imine (C=N–C) groups is 1. The summed E-state index contributed by atoms with van der Waals surface area (Å²) in [6.45, 7) is 4.11. The van der Waals surface area contributed by atoms with Gasteiger partial charge in [-0.2, -0.15) is 0 Å². The molecule has 1 saturated heterocycles. The number of fused-ring (bicyclic) bond motifs is 1. The molecule has 0 radical (unpaired) electrons. The Morgan fingerprint density at radius 3 is 2.56 bits per heavy atom. The van der Waals surface area contributed by atoms with E-state index < -0.39 is 0 Å². The van der Waals surface area contributed by atoms with E-state index in [4.69, 9.17) is 21.3 Å². The minimum atomic E-state index is -0.0580. The first kappa shape index (κ1) is 24.4. The minimum Gasteiger partial charge on any atom is -0.380 e. The van der Waals surface area contributed by atoms with E-state index in [-0.39, 0.29) is 5.91 Å². The van der Waals surface area contributed by atoms with Gasteiger partial charge < -0.3 is 9.30 Å². The molecule has 5 nitrogen and oxygen atoms in total. The van der Waals surface area contributed by atoms with Gasteiger partial charge in [0, 0.05) is 40.8 Å². The highest BCUT2D eigenvalue weighted by atomic mass is 35.5. The Hall–Kier alpha value is -3.32. The average molecular weight is 516 g/mol. The van der Waals surface area contributed by atoms with Gasteiger partial charge in [0.25, 0.3) is 5.91 Å². The van der Waals surface area contributed by atoms with Crippen molar-refractivity contribution in [3.05, 3.63) is 106 Å². The van der Waals surface area contributed by atoms with Crippen molar-refractivity contribution in [1.29, 1.82) is 0 Å². The Balaban J connectivity index is 1.51. The number of carbonyl (C=O) groups is 1. The maximum absolute atomic E-state index is 13.5. The molecular weight excluding hydrogens is 490 g/mol. The van der Waals surface area contributed by atoms with Crippen LogP contribution in [0.1, 0.15) is 18.1 Å². The normalized spacial score (nSPS) is 16.1. The molecule has 36 heavy (non-hydrogen) atoms. The predicted octanol–water partition coefficient (Wildman–Crippen LogP) is 6.98. The second kappa shape index (κ2) is 11.2. The lowest BCUT2D eigenvalue weighted by atomic mass is 10.1. The van der Waals surface area contributed by atoms with Crippen LogP contribution in [0.3, 0.4) is 0 Å². The zero-order chi connectivity index (χ0) is 24.9. The van der Waals surface area contributed by atoms with E-state index in [0.717, 1.165) is 32.7 Å². The van der Waals surface area contributed by atoms with Crippen molar-refractivity contribution in [2.75, 3.05) is 19.8 Å². The molecule has 5 rings (SSSR count). The SMILES string of the molecule is CCOCCN1C(=O)/C(=C/c2cn(Cc3ccccc3Cl)c3ccccc23)SC1=Nc1ccccc1. The van der Waals surface area contributed by atoms with Gasteiger partial charge in [0.15, 0.2) is 5.17 Å². The first-order chi connectivity index (χ1) is 17.6. The average Bonchev–Trinajstić information content (AvgIpc) is 3.38. The highest BCUT2D eigenvalue weighted by molar-refractivity contribution is 8.18. The van der Waals surface area contributed by atoms with Crippen LogP contribution in [0.5, 0.6) is 0 Å². The quantitative estimate of drug-likeness (QED) is 0.188. The molecule has 0 atom stereocenters. The van der Waals surface area contributed by atoms with E-state index in [2.05, 4.69) is 22.9 Å². The highest BCUT2D eigenvalue weighted by Crippen LogP contribution is 2.36. The zero-order valence-electron chi connectivity index (χ0n) is 19.9. The minimum absolute atomic E-state index is 0.0580. The summed E-state index contributed by atoms with van der Waals surface area (Å²) >= 11 is 7.84. The molecule has 182 valence electrons. The summed E-state index contributed by atoms with van der Waals surface area (Å²) in [5.41, 5.74) is 3.93. The molecule has 1 amide bonds. The number of hydrogen-bond donors (Lipinski definition) is 0. The van der Waals surface area contributed by atoms with Gasteiger partial charge in [-0.1, -0.05) is 66.2 Å². The van der Waals surface area contributed by atoms with Gasteiger partial charge >= 0.3 is 0 Å². The van der Waals surface area contributed by atoms with Crippen LogP contribution in [0.2, 0.25) is 5.02 Å². The Labute approximate surface area is 220 Å². The van der Waals surface area contributed by atoms with Crippen LogP contribution in [0, 0.1) is 0 Å². The van der Waals surface area contributed by atoms with Crippen molar-refractivity contribution in [3.63, 3.8) is 0 Å². The molecule has 0 spiro atoms. The fourth-order valence-electron chi connectivity index (χ4n) is 4.17. The van der Waals surface area contributed by atoms with Gasteiger partial charge in [0.2, 0.25) is 0 Å². The van der Waals surface area contributed by atoms with Crippen LogP contribution < -0.4 is 0 Å². The van der Waals surface area contributed by atoms with Crippen LogP contribution in [-0.4, -0.2) is 40.3 Å². The number of amidine groups is 1. The summed E-state index contributed by atoms with van der Waals surface area (Å²) in [7, 11) is 0. The first-order valence-corrected chi connectivity index (χ1v) is 13.1. The van der Waals surface area contributed by atoms with Crippen LogP contribution in [0.25, 0.3) is 17.0 Å². The predicted molar refractivity (Wildman–Crippen MR) is 150 cm³/mol. The van der Waals surface area contributed by atoms with E-state index in [1.807, 2.05) is 79.7 Å². The number of ether oxygens (including phenoxy) is 1. The Bertz CT molecular complexity index is 1450. The fraction of sp³-hybridized carbons (Fsp3) is 0.172. The van der Waals surface area contributed by atoms with E-state index >= 15 is 0 Å². The molecule has 7 heteroatoms. The molecule has 0 aliphatic carbocycles. The maximum Gasteiger partial charge on any atom is 0.266 e. The lowest BCUT2D eigenvalue weighted by Crippen LogP contribution is -2.32. The van der Waals surface area contributed by atoms with E-state index in [0.29, 0.717) is 36.4 Å². The molecule has 1 aromatic heterocycles.